The standard InChI is InChI=1S/C22H40N6O8/c1-6-11(4)17(28-19(32)13(23)7-10(2)3)21(34)25-12(5)18(31)27-15(9-29)20(33)26-14(22(35)36)8-16(24)30/h10-15,17,29H,6-9,23H2,1-5H3,(H2,24,30)(H,25,34)(H,26,33)(H,27,31)(H,28,32)(H,35,36)/t11-,12-,13-,14-,15-,17-/m0/s1. The Bertz CT molecular complexity index is 805. The van der Waals surface area contributed by atoms with Crippen LogP contribution in [-0.4, -0.2) is 82.5 Å². The molecule has 0 aromatic heterocycles. The second-order valence-electron chi connectivity index (χ2n) is 9.15. The molecule has 0 radical (unpaired) electrons. The van der Waals surface area contributed by atoms with E-state index in [1.54, 1.807) is 6.92 Å². The van der Waals surface area contributed by atoms with Gasteiger partial charge in [0.1, 0.15) is 24.2 Å². The Morgan fingerprint density at radius 3 is 1.81 bits per heavy atom. The molecule has 0 aliphatic carbocycles. The van der Waals surface area contributed by atoms with Crippen LogP contribution in [0.3, 0.4) is 0 Å². The monoisotopic (exact) mass is 516 g/mol. The van der Waals surface area contributed by atoms with Crippen molar-refractivity contribution < 1.29 is 39.0 Å². The first-order valence-electron chi connectivity index (χ1n) is 11.7. The molecule has 0 saturated carbocycles. The van der Waals surface area contributed by atoms with Crippen LogP contribution in [0.1, 0.15) is 53.9 Å². The Hall–Kier alpha value is -3.26. The van der Waals surface area contributed by atoms with Crippen LogP contribution >= 0.6 is 0 Å². The SMILES string of the molecule is CC[C@H](C)[C@H](NC(=O)[C@@H](N)CC(C)C)C(=O)N[C@@H](C)C(=O)N[C@@H](CO)C(=O)N[C@@H](CC(N)=O)C(=O)O. The number of rotatable bonds is 16. The lowest BCUT2D eigenvalue weighted by molar-refractivity contribution is -0.144. The van der Waals surface area contributed by atoms with Gasteiger partial charge in [0.15, 0.2) is 0 Å². The van der Waals surface area contributed by atoms with E-state index in [1.165, 1.54) is 6.92 Å². The number of aliphatic carboxylic acids is 1. The molecule has 6 atom stereocenters. The van der Waals surface area contributed by atoms with Gasteiger partial charge in [-0.15, -0.1) is 0 Å². The van der Waals surface area contributed by atoms with Crippen molar-refractivity contribution in [3.63, 3.8) is 0 Å². The van der Waals surface area contributed by atoms with Crippen LogP contribution in [0.25, 0.3) is 0 Å². The molecule has 36 heavy (non-hydrogen) atoms. The molecule has 0 unspecified atom stereocenters. The summed E-state index contributed by atoms with van der Waals surface area (Å²) in [5.74, 6) is -5.69. The number of carboxylic acid groups (broad SMARTS) is 1. The number of nitrogens with two attached hydrogens (primary N) is 2. The molecule has 0 aromatic rings. The van der Waals surface area contributed by atoms with E-state index in [-0.39, 0.29) is 11.8 Å². The fourth-order valence-electron chi connectivity index (χ4n) is 3.11. The zero-order valence-corrected chi connectivity index (χ0v) is 21.4. The topological polar surface area (TPSA) is 243 Å². The van der Waals surface area contributed by atoms with Gasteiger partial charge < -0.3 is 42.9 Å². The summed E-state index contributed by atoms with van der Waals surface area (Å²) in [7, 11) is 0. The third kappa shape index (κ3) is 11.4. The van der Waals surface area contributed by atoms with Crippen molar-refractivity contribution in [2.45, 2.75) is 84.1 Å². The molecule has 0 aliphatic heterocycles. The van der Waals surface area contributed by atoms with Gasteiger partial charge in [-0.3, -0.25) is 24.0 Å². The average Bonchev–Trinajstić information content (AvgIpc) is 2.78. The molecule has 14 nitrogen and oxygen atoms in total. The van der Waals surface area contributed by atoms with E-state index in [2.05, 4.69) is 16.0 Å². The Balaban J connectivity index is 5.25. The molecule has 0 heterocycles. The maximum atomic E-state index is 12.9. The van der Waals surface area contributed by atoms with Crippen molar-refractivity contribution >= 4 is 35.5 Å². The summed E-state index contributed by atoms with van der Waals surface area (Å²) in [5, 5.41) is 27.9. The van der Waals surface area contributed by atoms with Crippen LogP contribution in [0, 0.1) is 11.8 Å². The summed E-state index contributed by atoms with van der Waals surface area (Å²) in [6.07, 6.45) is 0.274. The smallest absolute Gasteiger partial charge is 0.326 e. The molecule has 0 aromatic carbocycles. The van der Waals surface area contributed by atoms with Gasteiger partial charge in [-0.1, -0.05) is 34.1 Å². The summed E-state index contributed by atoms with van der Waals surface area (Å²) < 4.78 is 0. The van der Waals surface area contributed by atoms with Gasteiger partial charge in [0.2, 0.25) is 29.5 Å². The fraction of sp³-hybridized carbons (Fsp3) is 0.727. The number of hydrogen-bond acceptors (Lipinski definition) is 8. The van der Waals surface area contributed by atoms with E-state index < -0.39 is 78.7 Å². The minimum atomic E-state index is -1.65. The van der Waals surface area contributed by atoms with Crippen molar-refractivity contribution in [3.8, 4) is 0 Å². The normalized spacial score (nSPS) is 16.0. The fourth-order valence-corrected chi connectivity index (χ4v) is 3.11. The number of amides is 5. The predicted molar refractivity (Wildman–Crippen MR) is 129 cm³/mol. The highest BCUT2D eigenvalue weighted by Crippen LogP contribution is 2.10. The van der Waals surface area contributed by atoms with Gasteiger partial charge in [0.05, 0.1) is 19.1 Å². The third-order valence-corrected chi connectivity index (χ3v) is 5.44. The zero-order chi connectivity index (χ0) is 28.2. The number of carboxylic acids is 1. The first-order valence-corrected chi connectivity index (χ1v) is 11.7. The van der Waals surface area contributed by atoms with Gasteiger partial charge in [-0.05, 0) is 25.2 Å². The Morgan fingerprint density at radius 2 is 1.36 bits per heavy atom. The molecule has 14 heteroatoms. The number of nitrogens with one attached hydrogen (secondary N) is 4. The summed E-state index contributed by atoms with van der Waals surface area (Å²) in [6, 6.07) is -6.19. The van der Waals surface area contributed by atoms with Crippen molar-refractivity contribution in [1.29, 1.82) is 0 Å². The maximum absolute atomic E-state index is 12.9. The maximum Gasteiger partial charge on any atom is 0.326 e. The van der Waals surface area contributed by atoms with Gasteiger partial charge >= 0.3 is 5.97 Å². The van der Waals surface area contributed by atoms with Crippen LogP contribution in [0.2, 0.25) is 0 Å². The molecule has 0 fully saturated rings. The lowest BCUT2D eigenvalue weighted by atomic mass is 9.96. The minimum Gasteiger partial charge on any atom is -0.480 e. The second-order valence-corrected chi connectivity index (χ2v) is 9.15. The number of aliphatic hydroxyl groups is 1. The summed E-state index contributed by atoms with van der Waals surface area (Å²) in [4.78, 5) is 72.4. The molecular weight excluding hydrogens is 476 g/mol. The van der Waals surface area contributed by atoms with Crippen LogP contribution in [0.4, 0.5) is 0 Å². The Labute approximate surface area is 210 Å². The highest BCUT2D eigenvalue weighted by atomic mass is 16.4. The van der Waals surface area contributed by atoms with Gasteiger partial charge in [0, 0.05) is 0 Å². The number of aliphatic hydroxyl groups excluding tert-OH is 1. The van der Waals surface area contributed by atoms with Crippen LogP contribution in [0.15, 0.2) is 0 Å². The van der Waals surface area contributed by atoms with Gasteiger partial charge in [-0.2, -0.15) is 0 Å². The number of primary amides is 1. The van der Waals surface area contributed by atoms with E-state index in [9.17, 15) is 33.9 Å². The number of carbonyl (C=O) groups excluding carboxylic acids is 5. The van der Waals surface area contributed by atoms with Crippen molar-refractivity contribution in [2.75, 3.05) is 6.61 Å². The summed E-state index contributed by atoms with van der Waals surface area (Å²) in [6.45, 7) is 7.83. The quantitative estimate of drug-likeness (QED) is 0.106. The van der Waals surface area contributed by atoms with Crippen LogP contribution < -0.4 is 32.7 Å². The van der Waals surface area contributed by atoms with Gasteiger partial charge in [-0.25, -0.2) is 4.79 Å². The number of carbonyl (C=O) groups is 6. The lowest BCUT2D eigenvalue weighted by Gasteiger charge is -2.27. The average molecular weight is 517 g/mol. The molecular formula is C22H40N6O8. The zero-order valence-electron chi connectivity index (χ0n) is 21.4. The molecule has 0 bridgehead atoms. The highest BCUT2D eigenvalue weighted by molar-refractivity contribution is 5.95. The van der Waals surface area contributed by atoms with Crippen molar-refractivity contribution in [3.05, 3.63) is 0 Å². The van der Waals surface area contributed by atoms with Crippen molar-refractivity contribution in [2.24, 2.45) is 23.3 Å². The summed E-state index contributed by atoms with van der Waals surface area (Å²) >= 11 is 0. The molecule has 206 valence electrons. The molecule has 5 amide bonds. The van der Waals surface area contributed by atoms with Crippen LogP contribution in [-0.2, 0) is 28.8 Å². The van der Waals surface area contributed by atoms with Crippen molar-refractivity contribution in [1.82, 2.24) is 21.3 Å². The second kappa shape index (κ2) is 15.7. The largest absolute Gasteiger partial charge is 0.480 e. The Morgan fingerprint density at radius 1 is 0.806 bits per heavy atom. The first kappa shape index (κ1) is 32.7. The van der Waals surface area contributed by atoms with E-state index in [0.717, 1.165) is 0 Å². The van der Waals surface area contributed by atoms with E-state index in [0.29, 0.717) is 12.8 Å². The minimum absolute atomic E-state index is 0.170. The first-order chi connectivity index (χ1) is 16.6. The van der Waals surface area contributed by atoms with E-state index in [1.807, 2.05) is 26.1 Å². The molecule has 10 N–H and O–H groups in total. The van der Waals surface area contributed by atoms with Crippen LogP contribution in [0.5, 0.6) is 0 Å². The summed E-state index contributed by atoms with van der Waals surface area (Å²) in [5.41, 5.74) is 10.9. The van der Waals surface area contributed by atoms with E-state index >= 15 is 0 Å². The molecule has 0 saturated heterocycles. The Kier molecular flexibility index (Phi) is 14.3. The van der Waals surface area contributed by atoms with Gasteiger partial charge in [0.25, 0.3) is 0 Å². The number of hydrogen-bond donors (Lipinski definition) is 8. The molecule has 0 spiro atoms. The van der Waals surface area contributed by atoms with E-state index in [4.69, 9.17) is 16.6 Å². The predicted octanol–water partition coefficient (Wildman–Crippen LogP) is -2.68. The highest BCUT2D eigenvalue weighted by Gasteiger charge is 2.32. The third-order valence-electron chi connectivity index (χ3n) is 5.44. The molecule has 0 rings (SSSR count). The molecule has 0 aliphatic rings. The lowest BCUT2D eigenvalue weighted by Crippen LogP contribution is -2.59.